The number of nitrogens with zero attached hydrogens (tertiary/aromatic N) is 2. The number of rotatable bonds is 2. The van der Waals surface area contributed by atoms with Crippen LogP contribution in [0.1, 0.15) is 16.8 Å². The van der Waals surface area contributed by atoms with Gasteiger partial charge in [0.25, 0.3) is 11.6 Å². The number of hydrogen-bond acceptors (Lipinski definition) is 4. The van der Waals surface area contributed by atoms with Crippen LogP contribution in [0.4, 0.5) is 5.69 Å². The molecule has 0 aliphatic carbocycles. The van der Waals surface area contributed by atoms with E-state index in [1.54, 1.807) is 0 Å². The van der Waals surface area contributed by atoms with E-state index in [0.29, 0.717) is 18.7 Å². The molecule has 0 unspecified atom stereocenters. The first-order chi connectivity index (χ1) is 7.68. The molecule has 1 aromatic rings. The fraction of sp³-hybridized carbons (Fsp3) is 0.300. The van der Waals surface area contributed by atoms with Crippen molar-refractivity contribution in [2.75, 3.05) is 13.2 Å². The molecule has 1 aliphatic heterocycles. The third-order valence-corrected chi connectivity index (χ3v) is 2.30. The van der Waals surface area contributed by atoms with Gasteiger partial charge in [0.2, 0.25) is 0 Å². The zero-order chi connectivity index (χ0) is 11.5. The van der Waals surface area contributed by atoms with E-state index in [2.05, 4.69) is 0 Å². The molecule has 0 atom stereocenters. The van der Waals surface area contributed by atoms with Gasteiger partial charge in [-0.25, -0.2) is 5.06 Å². The van der Waals surface area contributed by atoms with Crippen LogP contribution in [-0.2, 0) is 4.84 Å². The quantitative estimate of drug-likeness (QED) is 0.559. The van der Waals surface area contributed by atoms with Crippen molar-refractivity contribution in [1.82, 2.24) is 5.06 Å². The van der Waals surface area contributed by atoms with Gasteiger partial charge in [-0.2, -0.15) is 0 Å². The minimum Gasteiger partial charge on any atom is -0.271 e. The summed E-state index contributed by atoms with van der Waals surface area (Å²) in [6, 6.07) is 5.48. The summed E-state index contributed by atoms with van der Waals surface area (Å²) in [5.41, 5.74) is 0.367. The molecule has 6 nitrogen and oxygen atoms in total. The van der Waals surface area contributed by atoms with Crippen LogP contribution in [-0.4, -0.2) is 29.0 Å². The van der Waals surface area contributed by atoms with Crippen molar-refractivity contribution in [2.24, 2.45) is 0 Å². The zero-order valence-electron chi connectivity index (χ0n) is 8.46. The van der Waals surface area contributed by atoms with Gasteiger partial charge in [0.1, 0.15) is 0 Å². The second-order valence-electron chi connectivity index (χ2n) is 3.40. The number of hydrogen-bond donors (Lipinski definition) is 0. The zero-order valence-corrected chi connectivity index (χ0v) is 8.46. The summed E-state index contributed by atoms with van der Waals surface area (Å²) in [5, 5.41) is 11.7. The minimum atomic E-state index is -0.499. The molecule has 0 bridgehead atoms. The van der Waals surface area contributed by atoms with E-state index >= 15 is 0 Å². The molecule has 0 spiro atoms. The van der Waals surface area contributed by atoms with Crippen LogP contribution in [0, 0.1) is 10.1 Å². The van der Waals surface area contributed by atoms with Crippen molar-refractivity contribution >= 4 is 11.6 Å². The molecule has 1 saturated heterocycles. The van der Waals surface area contributed by atoms with Crippen LogP contribution in [0.25, 0.3) is 0 Å². The van der Waals surface area contributed by atoms with Crippen LogP contribution in [0.15, 0.2) is 24.3 Å². The van der Waals surface area contributed by atoms with Crippen molar-refractivity contribution in [3.63, 3.8) is 0 Å². The molecule has 1 fully saturated rings. The van der Waals surface area contributed by atoms with Crippen LogP contribution in [0.2, 0.25) is 0 Å². The van der Waals surface area contributed by atoms with Crippen molar-refractivity contribution in [1.29, 1.82) is 0 Å². The monoisotopic (exact) mass is 222 g/mol. The van der Waals surface area contributed by atoms with E-state index in [9.17, 15) is 14.9 Å². The Bertz CT molecular complexity index is 409. The van der Waals surface area contributed by atoms with E-state index in [4.69, 9.17) is 4.84 Å². The Morgan fingerprint density at radius 3 is 2.56 bits per heavy atom. The van der Waals surface area contributed by atoms with E-state index in [1.165, 1.54) is 29.3 Å². The van der Waals surface area contributed by atoms with Crippen molar-refractivity contribution in [2.45, 2.75) is 6.42 Å². The first-order valence-electron chi connectivity index (χ1n) is 4.88. The lowest BCUT2D eigenvalue weighted by atomic mass is 10.2. The Morgan fingerprint density at radius 1 is 1.38 bits per heavy atom. The van der Waals surface area contributed by atoms with Gasteiger partial charge in [-0.15, -0.1) is 0 Å². The lowest BCUT2D eigenvalue weighted by molar-refractivity contribution is -0.384. The lowest BCUT2D eigenvalue weighted by Crippen LogP contribution is -2.26. The second-order valence-corrected chi connectivity index (χ2v) is 3.40. The highest BCUT2D eigenvalue weighted by Crippen LogP contribution is 2.15. The Morgan fingerprint density at radius 2 is 2.06 bits per heavy atom. The number of carbonyl (C=O) groups excluding carboxylic acids is 1. The van der Waals surface area contributed by atoms with Gasteiger partial charge in [-0.05, 0) is 18.6 Å². The topological polar surface area (TPSA) is 72.7 Å². The maximum Gasteiger partial charge on any atom is 0.277 e. The molecule has 0 radical (unpaired) electrons. The standard InChI is InChI=1S/C10H10N2O4/c13-10(11-6-1-7-16-11)8-2-4-9(5-3-8)12(14)15/h2-5H,1,6-7H2. The Labute approximate surface area is 91.5 Å². The fourth-order valence-electron chi connectivity index (χ4n) is 1.48. The summed E-state index contributed by atoms with van der Waals surface area (Å²) >= 11 is 0. The molecule has 0 saturated carbocycles. The molecule has 1 aromatic carbocycles. The lowest BCUT2D eigenvalue weighted by Gasteiger charge is -2.13. The minimum absolute atomic E-state index is 0.0288. The molecule has 0 aromatic heterocycles. The van der Waals surface area contributed by atoms with Crippen LogP contribution < -0.4 is 0 Å². The number of nitro benzene ring substituents is 1. The summed E-state index contributed by atoms with van der Waals surface area (Å²) in [7, 11) is 0. The Kier molecular flexibility index (Phi) is 2.82. The number of amides is 1. The maximum absolute atomic E-state index is 11.8. The van der Waals surface area contributed by atoms with Gasteiger partial charge in [0, 0.05) is 17.7 Å². The number of nitro groups is 1. The molecule has 16 heavy (non-hydrogen) atoms. The molecule has 1 amide bonds. The van der Waals surface area contributed by atoms with Gasteiger partial charge < -0.3 is 0 Å². The van der Waals surface area contributed by atoms with E-state index in [0.717, 1.165) is 6.42 Å². The summed E-state index contributed by atoms with van der Waals surface area (Å²) in [6.07, 6.45) is 0.818. The normalized spacial score (nSPS) is 15.1. The predicted molar refractivity (Wildman–Crippen MR) is 54.7 cm³/mol. The third-order valence-electron chi connectivity index (χ3n) is 2.30. The van der Waals surface area contributed by atoms with Crippen molar-refractivity contribution < 1.29 is 14.6 Å². The Hall–Kier alpha value is -1.95. The average molecular weight is 222 g/mol. The first-order valence-corrected chi connectivity index (χ1v) is 4.88. The van der Waals surface area contributed by atoms with Gasteiger partial charge in [-0.1, -0.05) is 0 Å². The van der Waals surface area contributed by atoms with Gasteiger partial charge >= 0.3 is 0 Å². The molecule has 2 rings (SSSR count). The second kappa shape index (κ2) is 4.28. The van der Waals surface area contributed by atoms with Crippen LogP contribution in [0.3, 0.4) is 0 Å². The van der Waals surface area contributed by atoms with E-state index < -0.39 is 4.92 Å². The molecule has 6 heteroatoms. The summed E-state index contributed by atoms with van der Waals surface area (Å²) < 4.78 is 0. The van der Waals surface area contributed by atoms with Crippen molar-refractivity contribution in [3.05, 3.63) is 39.9 Å². The van der Waals surface area contributed by atoms with E-state index in [-0.39, 0.29) is 11.6 Å². The van der Waals surface area contributed by atoms with Crippen LogP contribution in [0.5, 0.6) is 0 Å². The SMILES string of the molecule is O=C(c1ccc([N+](=O)[O-])cc1)N1CCCO1. The van der Waals surface area contributed by atoms with Crippen molar-refractivity contribution in [3.8, 4) is 0 Å². The summed E-state index contributed by atoms with van der Waals surface area (Å²) in [4.78, 5) is 26.8. The molecule has 84 valence electrons. The smallest absolute Gasteiger partial charge is 0.271 e. The van der Waals surface area contributed by atoms with Crippen LogP contribution >= 0.6 is 0 Å². The number of hydroxylamine groups is 2. The molecule has 1 aliphatic rings. The molecular formula is C10H10N2O4. The average Bonchev–Trinajstić information content (AvgIpc) is 2.81. The number of benzene rings is 1. The highest BCUT2D eigenvalue weighted by molar-refractivity contribution is 5.93. The highest BCUT2D eigenvalue weighted by atomic mass is 16.7. The largest absolute Gasteiger partial charge is 0.277 e. The van der Waals surface area contributed by atoms with Gasteiger partial charge in [0.15, 0.2) is 0 Å². The highest BCUT2D eigenvalue weighted by Gasteiger charge is 2.21. The summed E-state index contributed by atoms with van der Waals surface area (Å²) in [5.74, 6) is -0.257. The third kappa shape index (κ3) is 2.01. The first kappa shape index (κ1) is 10.6. The molecule has 0 N–H and O–H groups in total. The maximum atomic E-state index is 11.8. The Balaban J connectivity index is 2.14. The molecular weight excluding hydrogens is 212 g/mol. The predicted octanol–water partition coefficient (Wildman–Crippen LogP) is 1.37. The molecule has 1 heterocycles. The number of non-ortho nitro benzene ring substituents is 1. The van der Waals surface area contributed by atoms with Gasteiger partial charge in [0.05, 0.1) is 18.1 Å². The summed E-state index contributed by atoms with van der Waals surface area (Å²) in [6.45, 7) is 1.11. The van der Waals surface area contributed by atoms with E-state index in [1.807, 2.05) is 0 Å². The number of carbonyl (C=O) groups is 1. The fourth-order valence-corrected chi connectivity index (χ4v) is 1.48. The van der Waals surface area contributed by atoms with Gasteiger partial charge in [-0.3, -0.25) is 19.7 Å².